The van der Waals surface area contributed by atoms with Gasteiger partial charge in [-0.2, -0.15) is 0 Å². The molecule has 28 heavy (non-hydrogen) atoms. The third kappa shape index (κ3) is 3.48. The number of carbonyl (C=O) groups is 2. The predicted molar refractivity (Wildman–Crippen MR) is 107 cm³/mol. The van der Waals surface area contributed by atoms with Crippen LogP contribution in [0, 0.1) is 0 Å². The number of phenolic OH excluding ortho intramolecular Hbond substituents is 1. The van der Waals surface area contributed by atoms with E-state index in [1.807, 2.05) is 48.5 Å². The molecule has 0 saturated carbocycles. The monoisotopic (exact) mass is 371 g/mol. The largest absolute Gasteiger partial charge is 0.508 e. The number of anilines is 1. The van der Waals surface area contributed by atoms with Crippen molar-refractivity contribution in [2.75, 3.05) is 5.32 Å². The highest BCUT2D eigenvalue weighted by molar-refractivity contribution is 6.20. The summed E-state index contributed by atoms with van der Waals surface area (Å²) in [6.07, 6.45) is -1.09. The number of hydrogen-bond acceptors (Lipinski definition) is 4. The van der Waals surface area contributed by atoms with Gasteiger partial charge in [-0.3, -0.25) is 9.59 Å². The topological polar surface area (TPSA) is 90.8 Å². The lowest BCUT2D eigenvalue weighted by Crippen LogP contribution is -2.42. The summed E-state index contributed by atoms with van der Waals surface area (Å²) in [6, 6.07) is 22.7. The van der Waals surface area contributed by atoms with Crippen molar-refractivity contribution < 1.29 is 14.7 Å². The summed E-state index contributed by atoms with van der Waals surface area (Å²) >= 11 is 0. The summed E-state index contributed by atoms with van der Waals surface area (Å²) in [5.41, 5.74) is 3.20. The second-order valence-electron chi connectivity index (χ2n) is 6.30. The quantitative estimate of drug-likeness (QED) is 0.661. The normalized spacial score (nSPS) is 15.6. The SMILES string of the molecule is O=C(NC1N=C(c2ccccc2)c2ccccc2NC1=O)c1ccc(O)cc1. The first kappa shape index (κ1) is 17.5. The first-order chi connectivity index (χ1) is 13.6. The van der Waals surface area contributed by atoms with E-state index in [0.717, 1.165) is 11.1 Å². The maximum Gasteiger partial charge on any atom is 0.269 e. The number of aliphatic imine (C=N–C) groups is 1. The van der Waals surface area contributed by atoms with Crippen LogP contribution in [0.4, 0.5) is 5.69 Å². The van der Waals surface area contributed by atoms with Gasteiger partial charge in [0.2, 0.25) is 6.17 Å². The van der Waals surface area contributed by atoms with E-state index in [2.05, 4.69) is 15.6 Å². The third-order valence-corrected chi connectivity index (χ3v) is 4.39. The Morgan fingerprint density at radius 1 is 0.929 bits per heavy atom. The van der Waals surface area contributed by atoms with Gasteiger partial charge in [0, 0.05) is 16.7 Å². The van der Waals surface area contributed by atoms with Crippen molar-refractivity contribution in [1.29, 1.82) is 0 Å². The zero-order chi connectivity index (χ0) is 19.5. The molecule has 0 aliphatic carbocycles. The molecule has 1 aliphatic rings. The molecule has 0 bridgehead atoms. The highest BCUT2D eigenvalue weighted by atomic mass is 16.3. The van der Waals surface area contributed by atoms with E-state index in [0.29, 0.717) is 17.0 Å². The number of aromatic hydroxyl groups is 1. The number of fused-ring (bicyclic) bond motifs is 1. The summed E-state index contributed by atoms with van der Waals surface area (Å²) in [6.45, 7) is 0. The van der Waals surface area contributed by atoms with Crippen LogP contribution >= 0.6 is 0 Å². The number of carbonyl (C=O) groups excluding carboxylic acids is 2. The van der Waals surface area contributed by atoms with E-state index in [1.165, 1.54) is 24.3 Å². The molecule has 1 heterocycles. The second kappa shape index (κ2) is 7.36. The van der Waals surface area contributed by atoms with Crippen LogP contribution in [0.3, 0.4) is 0 Å². The Hall–Kier alpha value is -3.93. The Morgan fingerprint density at radius 2 is 1.61 bits per heavy atom. The van der Waals surface area contributed by atoms with Crippen LogP contribution in [0.1, 0.15) is 21.5 Å². The standard InChI is InChI=1S/C22H17N3O3/c26-16-12-10-15(11-13-16)21(27)25-20-22(28)23-18-9-5-4-8-17(18)19(24-20)14-6-2-1-3-7-14/h1-13,20,26H,(H,23,28)(H,25,27). The third-order valence-electron chi connectivity index (χ3n) is 4.39. The van der Waals surface area contributed by atoms with Gasteiger partial charge in [-0.05, 0) is 30.3 Å². The average Bonchev–Trinajstić information content (AvgIpc) is 2.86. The van der Waals surface area contributed by atoms with Crippen molar-refractivity contribution >= 4 is 23.2 Å². The highest BCUT2D eigenvalue weighted by Gasteiger charge is 2.27. The molecule has 0 spiro atoms. The molecule has 3 aromatic rings. The number of para-hydroxylation sites is 1. The summed E-state index contributed by atoms with van der Waals surface area (Å²) in [4.78, 5) is 29.8. The molecular weight excluding hydrogens is 354 g/mol. The van der Waals surface area contributed by atoms with Gasteiger partial charge in [0.1, 0.15) is 5.75 Å². The minimum atomic E-state index is -1.09. The number of amides is 2. The smallest absolute Gasteiger partial charge is 0.269 e. The van der Waals surface area contributed by atoms with E-state index in [-0.39, 0.29) is 5.75 Å². The fourth-order valence-corrected chi connectivity index (χ4v) is 3.00. The fourth-order valence-electron chi connectivity index (χ4n) is 3.00. The van der Waals surface area contributed by atoms with E-state index in [1.54, 1.807) is 6.07 Å². The number of phenols is 1. The number of benzene rings is 3. The minimum absolute atomic E-state index is 0.0589. The highest BCUT2D eigenvalue weighted by Crippen LogP contribution is 2.23. The van der Waals surface area contributed by atoms with E-state index < -0.39 is 18.0 Å². The number of benzodiazepines with no additional fused rings is 1. The zero-order valence-electron chi connectivity index (χ0n) is 14.8. The lowest BCUT2D eigenvalue weighted by atomic mass is 10.0. The van der Waals surface area contributed by atoms with Crippen LogP contribution < -0.4 is 10.6 Å². The number of rotatable bonds is 3. The first-order valence-corrected chi connectivity index (χ1v) is 8.75. The Morgan fingerprint density at radius 3 is 2.36 bits per heavy atom. The van der Waals surface area contributed by atoms with Crippen LogP contribution in [0.5, 0.6) is 5.75 Å². The van der Waals surface area contributed by atoms with Crippen LogP contribution in [-0.4, -0.2) is 28.8 Å². The van der Waals surface area contributed by atoms with E-state index in [9.17, 15) is 14.7 Å². The molecule has 1 unspecified atom stereocenters. The molecule has 0 saturated heterocycles. The molecular formula is C22H17N3O3. The molecule has 1 aliphatic heterocycles. The van der Waals surface area contributed by atoms with Gasteiger partial charge in [-0.1, -0.05) is 48.5 Å². The van der Waals surface area contributed by atoms with E-state index >= 15 is 0 Å². The maximum absolute atomic E-state index is 12.7. The molecule has 4 rings (SSSR count). The zero-order valence-corrected chi connectivity index (χ0v) is 14.8. The van der Waals surface area contributed by atoms with Crippen molar-refractivity contribution in [2.24, 2.45) is 4.99 Å². The Balaban J connectivity index is 1.72. The Labute approximate surface area is 161 Å². The van der Waals surface area contributed by atoms with Gasteiger partial charge in [0.05, 0.1) is 11.4 Å². The predicted octanol–water partition coefficient (Wildman–Crippen LogP) is 2.94. The summed E-state index contributed by atoms with van der Waals surface area (Å²) in [7, 11) is 0. The van der Waals surface area contributed by atoms with Crippen molar-refractivity contribution in [3.8, 4) is 5.75 Å². The molecule has 6 nitrogen and oxygen atoms in total. The number of nitrogens with one attached hydrogen (secondary N) is 2. The molecule has 1 atom stereocenters. The molecule has 2 amide bonds. The molecule has 0 fully saturated rings. The molecule has 6 heteroatoms. The lowest BCUT2D eigenvalue weighted by Gasteiger charge is -2.13. The lowest BCUT2D eigenvalue weighted by molar-refractivity contribution is -0.117. The van der Waals surface area contributed by atoms with Crippen LogP contribution in [0.15, 0.2) is 83.9 Å². The van der Waals surface area contributed by atoms with Crippen LogP contribution in [0.2, 0.25) is 0 Å². The first-order valence-electron chi connectivity index (χ1n) is 8.75. The summed E-state index contributed by atoms with van der Waals surface area (Å²) in [5, 5.41) is 14.9. The molecule has 138 valence electrons. The molecule has 0 aromatic heterocycles. The molecule has 0 radical (unpaired) electrons. The fraction of sp³-hybridized carbons (Fsp3) is 0.0455. The average molecular weight is 371 g/mol. The summed E-state index contributed by atoms with van der Waals surface area (Å²) < 4.78 is 0. The van der Waals surface area contributed by atoms with Crippen LogP contribution in [-0.2, 0) is 4.79 Å². The van der Waals surface area contributed by atoms with Crippen molar-refractivity contribution in [1.82, 2.24) is 5.32 Å². The van der Waals surface area contributed by atoms with Gasteiger partial charge in [0.15, 0.2) is 0 Å². The van der Waals surface area contributed by atoms with Crippen molar-refractivity contribution in [3.63, 3.8) is 0 Å². The van der Waals surface area contributed by atoms with E-state index in [4.69, 9.17) is 0 Å². The van der Waals surface area contributed by atoms with Gasteiger partial charge in [-0.15, -0.1) is 0 Å². The van der Waals surface area contributed by atoms with Crippen molar-refractivity contribution in [2.45, 2.75) is 6.17 Å². The second-order valence-corrected chi connectivity index (χ2v) is 6.30. The summed E-state index contributed by atoms with van der Waals surface area (Å²) in [5.74, 6) is -0.823. The van der Waals surface area contributed by atoms with Gasteiger partial charge >= 0.3 is 0 Å². The van der Waals surface area contributed by atoms with Gasteiger partial charge < -0.3 is 15.7 Å². The number of hydrogen-bond donors (Lipinski definition) is 3. The molecule has 3 N–H and O–H groups in total. The maximum atomic E-state index is 12.7. The van der Waals surface area contributed by atoms with Crippen molar-refractivity contribution in [3.05, 3.63) is 95.6 Å². The Bertz CT molecular complexity index is 1060. The molecule has 3 aromatic carbocycles. The minimum Gasteiger partial charge on any atom is -0.508 e. The van der Waals surface area contributed by atoms with Crippen LogP contribution in [0.25, 0.3) is 0 Å². The Kier molecular flexibility index (Phi) is 4.60. The number of nitrogens with zero attached hydrogens (tertiary/aromatic N) is 1. The van der Waals surface area contributed by atoms with Gasteiger partial charge in [-0.25, -0.2) is 4.99 Å². The van der Waals surface area contributed by atoms with Gasteiger partial charge in [0.25, 0.3) is 11.8 Å².